The first-order valence-corrected chi connectivity index (χ1v) is 33.5. The largest absolute Gasteiger partial charge is 1.00 e. The van der Waals surface area contributed by atoms with E-state index in [1.165, 1.54) is 24.0 Å². The monoisotopic (exact) mass is 1540 g/mol. The van der Waals surface area contributed by atoms with E-state index in [1.54, 1.807) is 45.6 Å². The summed E-state index contributed by atoms with van der Waals surface area (Å²) in [6.07, 6.45) is 3.44. The van der Waals surface area contributed by atoms with E-state index in [4.69, 9.17) is 91.4 Å². The van der Waals surface area contributed by atoms with E-state index < -0.39 is 0 Å². The van der Waals surface area contributed by atoms with Gasteiger partial charge in [0.25, 0.3) is 0 Å². The van der Waals surface area contributed by atoms with Gasteiger partial charge in [-0.15, -0.1) is 23.2 Å². The molecule has 0 radical (unpaired) electrons. The van der Waals surface area contributed by atoms with E-state index in [9.17, 15) is 4.79 Å². The molecule has 1 aliphatic rings. The molecule has 0 amide bonds. The quantitative estimate of drug-likeness (QED) is 0.0140. The van der Waals surface area contributed by atoms with E-state index in [-0.39, 0.29) is 109 Å². The third-order valence-electron chi connectivity index (χ3n) is 11.1. The number of ether oxygens (including phenoxy) is 9. The van der Waals surface area contributed by atoms with Crippen molar-refractivity contribution in [3.05, 3.63) is 228 Å². The molecular formula is C75H108Br2Cl2Na2O16. The smallest absolute Gasteiger partial charge is 1.00 e. The maximum Gasteiger partial charge on any atom is 1.00 e. The van der Waals surface area contributed by atoms with Gasteiger partial charge in [0.1, 0.15) is 60.6 Å². The Morgan fingerprint density at radius 1 is 0.505 bits per heavy atom. The van der Waals surface area contributed by atoms with Gasteiger partial charge in [-0.05, 0) is 163 Å². The van der Waals surface area contributed by atoms with Crippen molar-refractivity contribution in [1.82, 2.24) is 0 Å². The Kier molecular flexibility index (Phi) is 78.4. The van der Waals surface area contributed by atoms with Crippen LogP contribution in [0.3, 0.4) is 0 Å². The maximum atomic E-state index is 10.4. The number of alkyl halides is 4. The second-order valence-corrected chi connectivity index (χ2v) is 22.8. The number of carbonyl (C=O) groups excluding carboxylic acids is 1. The number of phenols is 1. The van der Waals surface area contributed by atoms with Crippen molar-refractivity contribution in [2.75, 3.05) is 92.0 Å². The molecule has 1 heterocycles. The maximum absolute atomic E-state index is 10.4. The molecule has 6 aromatic carbocycles. The molecule has 0 spiro atoms. The molecular weight excluding hydrogens is 1430 g/mol. The predicted molar refractivity (Wildman–Crippen MR) is 397 cm³/mol. The Morgan fingerprint density at radius 2 is 0.773 bits per heavy atom. The van der Waals surface area contributed by atoms with Crippen LogP contribution in [0.1, 0.15) is 89.2 Å². The fraction of sp³-hybridized carbons (Fsp3) is 0.400. The van der Waals surface area contributed by atoms with Crippen LogP contribution in [-0.4, -0.2) is 129 Å². The first-order valence-electron chi connectivity index (χ1n) is 30.1. The van der Waals surface area contributed by atoms with Crippen molar-refractivity contribution in [2.45, 2.75) is 92.7 Å². The minimum atomic E-state index is -0.0661. The summed E-state index contributed by atoms with van der Waals surface area (Å²) in [5.74, 6) is 4.51. The summed E-state index contributed by atoms with van der Waals surface area (Å²) in [6, 6.07) is 45.2. The number of hydrogen-bond donors (Lipinski definition) is 5. The average Bonchev–Trinajstić information content (AvgIpc) is 1.68. The van der Waals surface area contributed by atoms with Gasteiger partial charge in [-0.25, -0.2) is 0 Å². The van der Waals surface area contributed by atoms with Crippen molar-refractivity contribution in [2.24, 2.45) is 11.8 Å². The molecule has 6 N–H and O–H groups in total. The summed E-state index contributed by atoms with van der Waals surface area (Å²) >= 11 is 16.1. The molecule has 0 saturated carbocycles. The van der Waals surface area contributed by atoms with Gasteiger partial charge >= 0.3 is 59.1 Å². The molecule has 16 nitrogen and oxygen atoms in total. The van der Waals surface area contributed by atoms with E-state index in [1.807, 2.05) is 163 Å². The average molecular weight is 1540 g/mol. The molecule has 1 aliphatic heterocycles. The number of hydrogen-bond acceptors (Lipinski definition) is 16. The number of aldehydes is 1. The Bertz CT molecular complexity index is 2710. The van der Waals surface area contributed by atoms with Gasteiger partial charge in [0, 0.05) is 70.8 Å². The number of carbonyl (C=O) groups is 1. The van der Waals surface area contributed by atoms with E-state index in [0.29, 0.717) is 52.9 Å². The molecule has 534 valence electrons. The summed E-state index contributed by atoms with van der Waals surface area (Å²) in [7, 11) is 6.02. The Morgan fingerprint density at radius 3 is 1.00 bits per heavy atom. The molecule has 1 fully saturated rings. The molecule has 7 rings (SSSR count). The molecule has 22 heteroatoms. The number of aliphatic hydroxyl groups is 4. The van der Waals surface area contributed by atoms with Crippen LogP contribution in [0.4, 0.5) is 0 Å². The molecule has 1 saturated heterocycles. The van der Waals surface area contributed by atoms with E-state index in [0.717, 1.165) is 111 Å². The molecule has 2 unspecified atom stereocenters. The van der Waals surface area contributed by atoms with Gasteiger partial charge in [-0.3, -0.25) is 0 Å². The number of aromatic hydroxyl groups is 1. The van der Waals surface area contributed by atoms with Crippen LogP contribution in [0.2, 0.25) is 0 Å². The van der Waals surface area contributed by atoms with Crippen LogP contribution >= 0.6 is 55.1 Å². The second-order valence-electron chi connectivity index (χ2n) is 20.9. The predicted octanol–water partition coefficient (Wildman–Crippen LogP) is 11.0. The zero-order chi connectivity index (χ0) is 71.2. The number of allylic oxidation sites excluding steroid dienone is 1. The van der Waals surface area contributed by atoms with Crippen molar-refractivity contribution in [3.63, 3.8) is 0 Å². The SMILES string of the molecule is C1CCOC1.C=C(C)CBr.C=C(C)COc1ccc(CBr)cc1.C=C(C)COc1ccc(CO)cc1.C=C(C)COc1ccc(COC)cc1.CO.COCc1ccc(OCC(C)C=O)cc1.COCc1ccc(OCC(C)CO)cc1.ClCCl.OCc1ccc(O)cc1.[H-].[Na+].[Na+].[OH-]. The Hall–Kier alpha value is -4.07. The Labute approximate surface area is 653 Å². The van der Waals surface area contributed by atoms with Gasteiger partial charge in [-0.2, -0.15) is 0 Å². The van der Waals surface area contributed by atoms with Crippen molar-refractivity contribution < 1.29 is 139 Å². The normalized spacial score (nSPS) is 10.6. The van der Waals surface area contributed by atoms with E-state index in [2.05, 4.69) is 58.2 Å². The second kappa shape index (κ2) is 73.2. The fourth-order valence-corrected chi connectivity index (χ4v) is 6.57. The summed E-state index contributed by atoms with van der Waals surface area (Å²) in [5.41, 5.74) is 10.5. The van der Waals surface area contributed by atoms with Crippen LogP contribution in [0.15, 0.2) is 194 Å². The van der Waals surface area contributed by atoms with Gasteiger partial charge in [0.15, 0.2) is 0 Å². The third kappa shape index (κ3) is 65.0. The van der Waals surface area contributed by atoms with Crippen molar-refractivity contribution in [1.29, 1.82) is 0 Å². The van der Waals surface area contributed by atoms with Crippen LogP contribution < -0.4 is 82.8 Å². The summed E-state index contributed by atoms with van der Waals surface area (Å²) in [4.78, 5) is 10.4. The summed E-state index contributed by atoms with van der Waals surface area (Å²) in [6.45, 7) is 33.3. The standard InChI is InChI=1S/C12H18O3.C12H16O3.C12H16O2.C11H13BrO.C11H14O2.C7H8O2.C4H7Br.C4H8O.CH2Cl2.CH4O.2Na.H2O.H/c2*1-10(7-13)8-15-12-5-3-11(4-6-12)9-14-2;1-10(2)8-14-12-6-4-11(5-7-12)9-13-3;2*1-9(2)8-13-11-5-3-10(7-12)4-6-11;8-5-6-1-3-7(9)4-2-6;1-4(2)3-5;1-2-4-5-3-1;2-1-3;1-2;;;;/h3-6,10,13H,7-9H2,1-2H3;3-7,10H,8-9H2,1-2H3;4-7H,1,8-9H2,2-3H3;3-6H,1,7-8H2,2H3;3-6,12H,1,7-8H2,2H3;1-4,8-9H,5H2;1,3H2,2H3;1-4H2;1H2;2H,1H3;;;1H2;/q;;;;;;;;;;2*+1;;-1/p-1. The zero-order valence-electron chi connectivity index (χ0n) is 60.4. The number of aliphatic hydroxyl groups excluding tert-OH is 4. The van der Waals surface area contributed by atoms with Crippen molar-refractivity contribution in [3.8, 4) is 34.5 Å². The molecule has 2 atom stereocenters. The number of rotatable bonds is 27. The van der Waals surface area contributed by atoms with Gasteiger partial charge in [-0.1, -0.05) is 150 Å². The molecule has 0 bridgehead atoms. The topological polar surface area (TPSA) is 231 Å². The Balaban J connectivity index is -0.000000194. The fourth-order valence-electron chi connectivity index (χ4n) is 6.20. The summed E-state index contributed by atoms with van der Waals surface area (Å²) < 4.78 is 47.2. The van der Waals surface area contributed by atoms with Crippen LogP contribution in [0.5, 0.6) is 34.5 Å². The number of methoxy groups -OCH3 is 3. The molecule has 97 heavy (non-hydrogen) atoms. The van der Waals surface area contributed by atoms with Crippen LogP contribution in [0.25, 0.3) is 0 Å². The van der Waals surface area contributed by atoms with E-state index >= 15 is 0 Å². The number of phenolic OH excluding ortho intramolecular Hbond substituents is 1. The van der Waals surface area contributed by atoms with Gasteiger partial charge < -0.3 is 79.9 Å². The minimum Gasteiger partial charge on any atom is -1.00 e. The molecule has 6 aromatic rings. The zero-order valence-corrected chi connectivity index (χ0v) is 68.1. The van der Waals surface area contributed by atoms with Gasteiger partial charge in [0.2, 0.25) is 0 Å². The number of halogens is 4. The third-order valence-corrected chi connectivity index (χ3v) is 12.7. The number of benzene rings is 6. The first kappa shape index (κ1) is 104. The molecule has 0 aromatic heterocycles. The first-order chi connectivity index (χ1) is 45.2. The van der Waals surface area contributed by atoms with Crippen molar-refractivity contribution >= 4 is 61.3 Å². The molecule has 0 aliphatic carbocycles. The van der Waals surface area contributed by atoms with Gasteiger partial charge in [0.05, 0.1) is 51.6 Å². The van der Waals surface area contributed by atoms with Crippen LogP contribution in [0, 0.1) is 11.8 Å². The minimum absolute atomic E-state index is 0. The summed E-state index contributed by atoms with van der Waals surface area (Å²) in [5, 5.41) is 43.9. The van der Waals surface area contributed by atoms with Crippen LogP contribution in [-0.2, 0) is 62.1 Å².